The maximum absolute atomic E-state index is 13.5. The summed E-state index contributed by atoms with van der Waals surface area (Å²) in [7, 11) is 1.59. The van der Waals surface area contributed by atoms with Gasteiger partial charge in [-0.15, -0.1) is 11.3 Å². The number of amides is 1. The van der Waals surface area contributed by atoms with Crippen LogP contribution in [-0.4, -0.2) is 25.6 Å². The van der Waals surface area contributed by atoms with Gasteiger partial charge < -0.3 is 19.2 Å². The van der Waals surface area contributed by atoms with Gasteiger partial charge in [0.05, 0.1) is 19.3 Å². The summed E-state index contributed by atoms with van der Waals surface area (Å²) in [5.41, 5.74) is 4.17. The molecule has 37 heavy (non-hydrogen) atoms. The van der Waals surface area contributed by atoms with E-state index < -0.39 is 5.97 Å². The highest BCUT2D eigenvalue weighted by molar-refractivity contribution is 7.16. The van der Waals surface area contributed by atoms with Crippen LogP contribution in [0.15, 0.2) is 57.9 Å². The Hall–Kier alpha value is -3.91. The molecule has 0 saturated carbocycles. The molecule has 1 aliphatic carbocycles. The molecule has 5 rings (SSSR count). The van der Waals surface area contributed by atoms with Crippen LogP contribution in [-0.2, 0) is 17.6 Å². The predicted octanol–water partition coefficient (Wildman–Crippen LogP) is 6.35. The van der Waals surface area contributed by atoms with E-state index in [1.807, 2.05) is 31.2 Å². The molecule has 2 heterocycles. The molecule has 4 aromatic rings. The fraction of sp³-hybridized carbons (Fsp3) is 0.276. The zero-order valence-corrected chi connectivity index (χ0v) is 21.9. The number of anilines is 1. The summed E-state index contributed by atoms with van der Waals surface area (Å²) in [6.45, 7) is 4.04. The summed E-state index contributed by atoms with van der Waals surface area (Å²) < 4.78 is 16.9. The van der Waals surface area contributed by atoms with Gasteiger partial charge in [-0.05, 0) is 81.5 Å². The van der Waals surface area contributed by atoms with Gasteiger partial charge >= 0.3 is 5.97 Å². The quantitative estimate of drug-likeness (QED) is 0.302. The molecule has 1 aliphatic rings. The fourth-order valence-corrected chi connectivity index (χ4v) is 5.70. The fourth-order valence-electron chi connectivity index (χ4n) is 4.45. The maximum atomic E-state index is 13.5. The Labute approximate surface area is 218 Å². The van der Waals surface area contributed by atoms with E-state index in [2.05, 4.69) is 5.32 Å². The minimum absolute atomic E-state index is 0.131. The van der Waals surface area contributed by atoms with Gasteiger partial charge in [0, 0.05) is 16.0 Å². The number of rotatable bonds is 6. The van der Waals surface area contributed by atoms with Crippen molar-refractivity contribution >= 4 is 44.9 Å². The summed E-state index contributed by atoms with van der Waals surface area (Å²) in [6.07, 6.45) is 3.80. The predicted molar refractivity (Wildman–Crippen MR) is 144 cm³/mol. The Morgan fingerprint density at radius 1 is 1.08 bits per heavy atom. The molecule has 0 fully saturated rings. The topological polar surface area (TPSA) is 90.1 Å². The molecule has 190 valence electrons. The van der Waals surface area contributed by atoms with Gasteiger partial charge in [-0.1, -0.05) is 17.7 Å². The number of fused-ring (bicyclic) bond motifs is 2. The van der Waals surface area contributed by atoms with Crippen LogP contribution >= 0.6 is 11.3 Å². The van der Waals surface area contributed by atoms with Crippen LogP contribution in [0.25, 0.3) is 11.0 Å². The number of benzene rings is 2. The Balaban J connectivity index is 1.68. The largest absolute Gasteiger partial charge is 0.497 e. The molecule has 0 unspecified atom stereocenters. The number of methoxy groups -OCH3 is 1. The van der Waals surface area contributed by atoms with Crippen molar-refractivity contribution in [2.45, 2.75) is 39.5 Å². The molecule has 0 aliphatic heterocycles. The number of hydrogen-bond acceptors (Lipinski definition) is 7. The second-order valence-corrected chi connectivity index (χ2v) is 10.00. The number of nitrogens with one attached hydrogen (secondary N) is 1. The number of thiophene rings is 1. The average Bonchev–Trinajstić information content (AvgIpc) is 3.27. The first-order chi connectivity index (χ1) is 18.0. The zero-order chi connectivity index (χ0) is 25.9. The Kier molecular flexibility index (Phi) is 7.10. The van der Waals surface area contributed by atoms with E-state index in [0.717, 1.165) is 41.7 Å². The van der Waals surface area contributed by atoms with Gasteiger partial charge in [0.25, 0.3) is 5.91 Å². The number of nitrogens with zero attached hydrogens (tertiary/aromatic N) is 1. The Morgan fingerprint density at radius 2 is 1.86 bits per heavy atom. The van der Waals surface area contributed by atoms with Crippen molar-refractivity contribution in [3.63, 3.8) is 0 Å². The smallest absolute Gasteiger partial charge is 0.341 e. The van der Waals surface area contributed by atoms with Crippen molar-refractivity contribution < 1.29 is 23.5 Å². The monoisotopic (exact) mass is 516 g/mol. The minimum atomic E-state index is -0.392. The van der Waals surface area contributed by atoms with Gasteiger partial charge in [-0.2, -0.15) is 0 Å². The van der Waals surface area contributed by atoms with Crippen molar-refractivity contribution in [3.8, 4) is 5.75 Å². The van der Waals surface area contributed by atoms with Crippen LogP contribution < -0.4 is 15.6 Å². The molecular formula is C29H28N2O5S. The van der Waals surface area contributed by atoms with E-state index in [1.54, 1.807) is 38.3 Å². The summed E-state index contributed by atoms with van der Waals surface area (Å²) in [5, 5.41) is 4.14. The van der Waals surface area contributed by atoms with Crippen molar-refractivity contribution in [2.24, 2.45) is 4.99 Å². The van der Waals surface area contributed by atoms with Crippen LogP contribution in [0, 0.1) is 6.92 Å². The van der Waals surface area contributed by atoms with Crippen molar-refractivity contribution in [3.05, 3.63) is 81.2 Å². The lowest BCUT2D eigenvalue weighted by atomic mass is 9.95. The first-order valence-electron chi connectivity index (χ1n) is 12.3. The van der Waals surface area contributed by atoms with Crippen LogP contribution in [0.1, 0.15) is 56.5 Å². The first kappa shape index (κ1) is 24.8. The van der Waals surface area contributed by atoms with E-state index in [9.17, 15) is 9.59 Å². The number of esters is 1. The third-order valence-corrected chi connectivity index (χ3v) is 7.53. The summed E-state index contributed by atoms with van der Waals surface area (Å²) in [6, 6.07) is 14.7. The number of carbonyl (C=O) groups excluding carboxylic acids is 2. The molecular weight excluding hydrogens is 488 g/mol. The summed E-state index contributed by atoms with van der Waals surface area (Å²) >= 11 is 1.47. The molecule has 7 nitrogen and oxygen atoms in total. The highest BCUT2D eigenvalue weighted by atomic mass is 32.1. The first-order valence-corrected chi connectivity index (χ1v) is 13.1. The molecule has 0 radical (unpaired) electrons. The third-order valence-electron chi connectivity index (χ3n) is 6.34. The Bertz CT molecular complexity index is 1550. The van der Waals surface area contributed by atoms with Gasteiger partial charge in [-0.25, -0.2) is 9.79 Å². The number of ether oxygens (including phenoxy) is 2. The molecule has 0 bridgehead atoms. The molecule has 8 heteroatoms. The van der Waals surface area contributed by atoms with E-state index >= 15 is 0 Å². The van der Waals surface area contributed by atoms with Crippen LogP contribution in [0.4, 0.5) is 10.7 Å². The maximum Gasteiger partial charge on any atom is 0.341 e. The normalized spacial score (nSPS) is 13.3. The van der Waals surface area contributed by atoms with Gasteiger partial charge in [0.2, 0.25) is 5.55 Å². The standard InChI is InChI=1S/C29H28N2O5S/c1-4-35-29(33)25-21-7-5-6-8-24(21)37-28(25)31-27-22(26(32)30-19-11-9-17(2)10-12-19)16-18-15-20(34-3)13-14-23(18)36-27/h9-16H,4-8H2,1-3H3,(H,30,32). The second kappa shape index (κ2) is 10.6. The van der Waals surface area contributed by atoms with Gasteiger partial charge in [0.15, 0.2) is 0 Å². The minimum Gasteiger partial charge on any atom is -0.497 e. The summed E-state index contributed by atoms with van der Waals surface area (Å²) in [4.78, 5) is 32.4. The van der Waals surface area contributed by atoms with E-state index in [-0.39, 0.29) is 23.6 Å². The SMILES string of the molecule is CCOC(=O)c1c(N=c2oc3ccc(OC)cc3cc2C(=O)Nc2ccc(C)cc2)sc2c1CCCC2. The van der Waals surface area contributed by atoms with Crippen LogP contribution in [0.5, 0.6) is 5.75 Å². The molecule has 1 N–H and O–H groups in total. The summed E-state index contributed by atoms with van der Waals surface area (Å²) in [5.74, 6) is -0.111. The number of hydrogen-bond donors (Lipinski definition) is 1. The number of carbonyl (C=O) groups is 2. The highest BCUT2D eigenvalue weighted by Gasteiger charge is 2.27. The Morgan fingerprint density at radius 3 is 2.62 bits per heavy atom. The van der Waals surface area contributed by atoms with Crippen LogP contribution in [0.3, 0.4) is 0 Å². The number of aryl methyl sites for hydroxylation is 2. The second-order valence-electron chi connectivity index (χ2n) is 8.91. The van der Waals surface area contributed by atoms with Crippen molar-refractivity contribution in [1.29, 1.82) is 0 Å². The lowest BCUT2D eigenvalue weighted by molar-refractivity contribution is 0.0526. The lowest BCUT2D eigenvalue weighted by Crippen LogP contribution is -2.21. The molecule has 1 amide bonds. The van der Waals surface area contributed by atoms with Crippen LogP contribution in [0.2, 0.25) is 0 Å². The molecule has 2 aromatic heterocycles. The highest BCUT2D eigenvalue weighted by Crippen LogP contribution is 2.40. The van der Waals surface area contributed by atoms with Gasteiger partial charge in [0.1, 0.15) is 21.9 Å². The van der Waals surface area contributed by atoms with Gasteiger partial charge in [-0.3, -0.25) is 4.79 Å². The molecule has 0 saturated heterocycles. The van der Waals surface area contributed by atoms with Crippen molar-refractivity contribution in [2.75, 3.05) is 19.0 Å². The lowest BCUT2D eigenvalue weighted by Gasteiger charge is -2.11. The third kappa shape index (κ3) is 5.15. The average molecular weight is 517 g/mol. The van der Waals surface area contributed by atoms with E-state index in [1.165, 1.54) is 11.3 Å². The van der Waals surface area contributed by atoms with Crippen molar-refractivity contribution in [1.82, 2.24) is 0 Å². The molecule has 0 spiro atoms. The van der Waals surface area contributed by atoms with E-state index in [0.29, 0.717) is 33.0 Å². The molecule has 0 atom stereocenters. The van der Waals surface area contributed by atoms with E-state index in [4.69, 9.17) is 18.9 Å². The zero-order valence-electron chi connectivity index (χ0n) is 21.1. The molecule has 2 aromatic carbocycles.